The molecule has 1 saturated heterocycles. The molecule has 1 aromatic carbocycles. The molecule has 0 unspecified atom stereocenters. The summed E-state index contributed by atoms with van der Waals surface area (Å²) in [6.45, 7) is 7.01. The number of hydrogen-bond donors (Lipinski definition) is 1. The summed E-state index contributed by atoms with van der Waals surface area (Å²) >= 11 is 5.40. The van der Waals surface area contributed by atoms with Crippen LogP contribution < -0.4 is 15.1 Å². The average Bonchev–Trinajstić information content (AvgIpc) is 3.03. The molecule has 0 radical (unpaired) electrons. The molecule has 198 valence electrons. The van der Waals surface area contributed by atoms with Crippen LogP contribution in [-0.4, -0.2) is 34.5 Å². The van der Waals surface area contributed by atoms with Crippen LogP contribution in [0.3, 0.4) is 0 Å². The maximum atomic E-state index is 15.1. The normalized spacial score (nSPS) is 14.7. The minimum absolute atomic E-state index is 0.0897. The standard InChI is InChI=1S/C23H21F4N5O2S.C2H6/c1-22(2)20(34)31(16-10-7-13(11-28)18(19(16)24)23(25,26)27)21(35)32(22)15-9-8-14(30-12-15)5-4-6-17(33)29-3;1-2/h7-10,12H,4-6H2,1-3H3,(H,29,33);1-2H3. The first-order valence-corrected chi connectivity index (χ1v) is 11.9. The molecule has 0 saturated carbocycles. The molecule has 1 aliphatic heterocycles. The Bertz CT molecular complexity index is 1220. The van der Waals surface area contributed by atoms with Gasteiger partial charge in [0.05, 0.1) is 29.2 Å². The number of amides is 2. The largest absolute Gasteiger partial charge is 0.420 e. The molecule has 2 amide bonds. The smallest absolute Gasteiger partial charge is 0.359 e. The van der Waals surface area contributed by atoms with Crippen LogP contribution in [0.15, 0.2) is 30.5 Å². The highest BCUT2D eigenvalue weighted by molar-refractivity contribution is 7.81. The number of hydrogen-bond acceptors (Lipinski definition) is 5. The van der Waals surface area contributed by atoms with E-state index < -0.39 is 40.3 Å². The number of nitrogens with zero attached hydrogens (tertiary/aromatic N) is 4. The number of aryl methyl sites for hydroxylation is 1. The van der Waals surface area contributed by atoms with Gasteiger partial charge in [0, 0.05) is 19.2 Å². The summed E-state index contributed by atoms with van der Waals surface area (Å²) in [7, 11) is 1.55. The summed E-state index contributed by atoms with van der Waals surface area (Å²) in [6, 6.07) is 6.40. The number of nitriles is 1. The summed E-state index contributed by atoms with van der Waals surface area (Å²) in [5, 5.41) is 11.3. The molecule has 2 aromatic rings. The van der Waals surface area contributed by atoms with E-state index in [4.69, 9.17) is 17.5 Å². The van der Waals surface area contributed by atoms with Crippen LogP contribution in [0.1, 0.15) is 57.4 Å². The first-order chi connectivity index (χ1) is 17.3. The van der Waals surface area contributed by atoms with Crippen molar-refractivity contribution in [1.82, 2.24) is 10.3 Å². The maximum Gasteiger partial charge on any atom is 0.420 e. The third-order valence-electron chi connectivity index (χ3n) is 5.62. The first kappa shape index (κ1) is 29.6. The molecule has 7 nitrogen and oxygen atoms in total. The third-order valence-corrected chi connectivity index (χ3v) is 5.98. The van der Waals surface area contributed by atoms with E-state index in [0.29, 0.717) is 35.5 Å². The first-order valence-electron chi connectivity index (χ1n) is 11.5. The van der Waals surface area contributed by atoms with Crippen molar-refractivity contribution in [2.45, 2.75) is 58.7 Å². The van der Waals surface area contributed by atoms with Gasteiger partial charge in [-0.2, -0.15) is 18.4 Å². The van der Waals surface area contributed by atoms with Crippen LogP contribution in [0.25, 0.3) is 0 Å². The number of anilines is 2. The fourth-order valence-electron chi connectivity index (χ4n) is 3.80. The molecule has 0 aliphatic carbocycles. The Balaban J connectivity index is 0.00000235. The van der Waals surface area contributed by atoms with Gasteiger partial charge in [-0.3, -0.25) is 19.5 Å². The molecule has 1 aliphatic rings. The summed E-state index contributed by atoms with van der Waals surface area (Å²) in [5.41, 5.74) is -3.64. The van der Waals surface area contributed by atoms with E-state index in [0.717, 1.165) is 12.1 Å². The zero-order valence-corrected chi connectivity index (χ0v) is 21.9. The number of halogens is 4. The van der Waals surface area contributed by atoms with Crippen LogP contribution >= 0.6 is 12.2 Å². The minimum Gasteiger partial charge on any atom is -0.359 e. The number of thiocarbonyl (C=S) groups is 1. The van der Waals surface area contributed by atoms with Gasteiger partial charge in [-0.1, -0.05) is 13.8 Å². The van der Waals surface area contributed by atoms with E-state index in [1.807, 2.05) is 13.8 Å². The molecule has 1 fully saturated rings. The van der Waals surface area contributed by atoms with Crippen LogP contribution in [-0.2, 0) is 22.2 Å². The number of benzene rings is 1. The Kier molecular flexibility index (Phi) is 9.33. The Morgan fingerprint density at radius 1 is 1.22 bits per heavy atom. The second-order valence-electron chi connectivity index (χ2n) is 8.28. The van der Waals surface area contributed by atoms with Crippen molar-refractivity contribution in [2.24, 2.45) is 0 Å². The summed E-state index contributed by atoms with van der Waals surface area (Å²) in [6.07, 6.45) is -2.25. The number of nitrogens with one attached hydrogen (secondary N) is 1. The molecule has 1 aromatic heterocycles. The van der Waals surface area contributed by atoms with Gasteiger partial charge in [0.1, 0.15) is 11.1 Å². The van der Waals surface area contributed by atoms with Crippen molar-refractivity contribution in [3.8, 4) is 6.07 Å². The fraction of sp³-hybridized carbons (Fsp3) is 0.400. The second kappa shape index (κ2) is 11.6. The quantitative estimate of drug-likeness (QED) is 0.406. The highest BCUT2D eigenvalue weighted by Gasteiger charge is 2.52. The van der Waals surface area contributed by atoms with E-state index >= 15 is 4.39 Å². The molecule has 12 heteroatoms. The Morgan fingerprint density at radius 2 is 1.86 bits per heavy atom. The van der Waals surface area contributed by atoms with Crippen molar-refractivity contribution in [1.29, 1.82) is 5.26 Å². The predicted octanol–water partition coefficient (Wildman–Crippen LogP) is 5.12. The predicted molar refractivity (Wildman–Crippen MR) is 135 cm³/mol. The molecular weight excluding hydrogens is 510 g/mol. The van der Waals surface area contributed by atoms with E-state index in [-0.39, 0.29) is 11.0 Å². The molecule has 0 bridgehead atoms. The van der Waals surface area contributed by atoms with E-state index in [9.17, 15) is 22.8 Å². The topological polar surface area (TPSA) is 89.3 Å². The molecule has 37 heavy (non-hydrogen) atoms. The second-order valence-corrected chi connectivity index (χ2v) is 8.65. The average molecular weight is 538 g/mol. The molecule has 0 spiro atoms. The number of aromatic nitrogens is 1. The number of rotatable bonds is 6. The fourth-order valence-corrected chi connectivity index (χ4v) is 4.32. The lowest BCUT2D eigenvalue weighted by Gasteiger charge is -2.29. The molecular formula is C25H27F4N5O2S. The lowest BCUT2D eigenvalue weighted by atomic mass is 10.0. The SMILES string of the molecule is CC.CNC(=O)CCCc1ccc(N2C(=S)N(c3ccc(C#N)c(C(F)(F)F)c3F)C(=O)C2(C)C)cn1. The van der Waals surface area contributed by atoms with Crippen molar-refractivity contribution in [3.05, 3.63) is 53.1 Å². The Labute approximate surface area is 218 Å². The van der Waals surface area contributed by atoms with Crippen LogP contribution in [0.4, 0.5) is 28.9 Å². The van der Waals surface area contributed by atoms with Crippen molar-refractivity contribution in [2.75, 3.05) is 16.8 Å². The number of alkyl halides is 3. The van der Waals surface area contributed by atoms with Gasteiger partial charge in [0.15, 0.2) is 10.9 Å². The zero-order valence-electron chi connectivity index (χ0n) is 21.0. The Morgan fingerprint density at radius 3 is 2.38 bits per heavy atom. The van der Waals surface area contributed by atoms with Crippen LogP contribution in [0.5, 0.6) is 0 Å². The number of pyridine rings is 1. The zero-order chi connectivity index (χ0) is 28.1. The molecule has 0 atom stereocenters. The van der Waals surface area contributed by atoms with E-state index in [1.54, 1.807) is 19.2 Å². The molecule has 2 heterocycles. The van der Waals surface area contributed by atoms with E-state index in [1.165, 1.54) is 31.0 Å². The van der Waals surface area contributed by atoms with Crippen molar-refractivity contribution < 1.29 is 27.2 Å². The van der Waals surface area contributed by atoms with Gasteiger partial charge in [0.25, 0.3) is 5.91 Å². The summed E-state index contributed by atoms with van der Waals surface area (Å²) < 4.78 is 55.5. The van der Waals surface area contributed by atoms with Crippen LogP contribution in [0.2, 0.25) is 0 Å². The van der Waals surface area contributed by atoms with Gasteiger partial charge in [-0.15, -0.1) is 0 Å². The molecule has 1 N–H and O–H groups in total. The molecule has 3 rings (SSSR count). The van der Waals surface area contributed by atoms with E-state index in [2.05, 4.69) is 10.3 Å². The Hall–Kier alpha value is -3.59. The lowest BCUT2D eigenvalue weighted by molar-refractivity contribution is -0.140. The van der Waals surface area contributed by atoms with Crippen molar-refractivity contribution in [3.63, 3.8) is 0 Å². The number of carbonyl (C=O) groups is 2. The lowest BCUT2D eigenvalue weighted by Crippen LogP contribution is -2.44. The van der Waals surface area contributed by atoms with Gasteiger partial charge in [-0.05, 0) is 63.2 Å². The summed E-state index contributed by atoms with van der Waals surface area (Å²) in [4.78, 5) is 31.0. The van der Waals surface area contributed by atoms with Gasteiger partial charge < -0.3 is 10.2 Å². The van der Waals surface area contributed by atoms with Gasteiger partial charge in [-0.25, -0.2) is 4.39 Å². The maximum absolute atomic E-state index is 15.1. The third kappa shape index (κ3) is 5.88. The van der Waals surface area contributed by atoms with Crippen molar-refractivity contribution >= 4 is 40.5 Å². The highest BCUT2D eigenvalue weighted by Crippen LogP contribution is 2.41. The summed E-state index contributed by atoms with van der Waals surface area (Å²) in [5.74, 6) is -2.59. The van der Waals surface area contributed by atoms with Gasteiger partial charge >= 0.3 is 6.18 Å². The highest BCUT2D eigenvalue weighted by atomic mass is 32.1. The number of carbonyl (C=O) groups excluding carboxylic acids is 2. The minimum atomic E-state index is -5.15. The van der Waals surface area contributed by atoms with Gasteiger partial charge in [0.2, 0.25) is 5.91 Å². The monoisotopic (exact) mass is 537 g/mol. The van der Waals surface area contributed by atoms with Crippen LogP contribution in [0, 0.1) is 17.1 Å².